The number of esters is 1. The molecule has 0 amide bonds. The second-order valence-electron chi connectivity index (χ2n) is 10.6. The van der Waals surface area contributed by atoms with Gasteiger partial charge >= 0.3 is 5.97 Å². The molecule has 0 unspecified atom stereocenters. The summed E-state index contributed by atoms with van der Waals surface area (Å²) in [5.41, 5.74) is 6.37. The zero-order valence-corrected chi connectivity index (χ0v) is 21.3. The summed E-state index contributed by atoms with van der Waals surface area (Å²) in [6.45, 7) is 10.1. The first-order valence-electron chi connectivity index (χ1n) is 10.8. The van der Waals surface area contributed by atoms with E-state index in [-0.39, 0.29) is 17.4 Å². The average Bonchev–Trinajstić information content (AvgIpc) is 3.03. The fourth-order valence-corrected chi connectivity index (χ4v) is 6.14. The smallest absolute Gasteiger partial charge is 0.325 e. The molecule has 32 heavy (non-hydrogen) atoms. The van der Waals surface area contributed by atoms with Crippen LogP contribution in [0.4, 0.5) is 4.39 Å². The molecular weight excluding hydrogens is 495 g/mol. The summed E-state index contributed by atoms with van der Waals surface area (Å²) >= 11 is 9.62. The van der Waals surface area contributed by atoms with E-state index >= 15 is 4.39 Å². The highest BCUT2D eigenvalue weighted by Gasteiger charge is 2.68. The molecule has 4 nitrogen and oxygen atoms in total. The highest BCUT2D eigenvalue weighted by Crippen LogP contribution is 2.57. The number of carbonyl (C=O) groups is 1. The lowest BCUT2D eigenvalue weighted by atomic mass is 9.68. The van der Waals surface area contributed by atoms with Gasteiger partial charge in [0.15, 0.2) is 5.72 Å². The first-order valence-corrected chi connectivity index (χ1v) is 11.9. The topological polar surface area (TPSA) is 55.6 Å². The van der Waals surface area contributed by atoms with Crippen LogP contribution in [0.25, 0.3) is 0 Å². The molecular formula is C25H29BrClFN2O2. The van der Waals surface area contributed by atoms with Crippen molar-refractivity contribution in [1.29, 1.82) is 0 Å². The number of carbonyl (C=O) groups excluding carboxylic acids is 1. The third-order valence-electron chi connectivity index (χ3n) is 6.64. The second kappa shape index (κ2) is 7.79. The minimum Gasteiger partial charge on any atom is -0.443 e. The lowest BCUT2D eigenvalue weighted by Crippen LogP contribution is -2.56. The SMILES string of the molecule is CC(C)(C)C[C@@H]1N2[C@H](C(=O)OC2(C)C)[C@H](c2cccc(Br)c2)[C@@]1(N)c1ccc(Cl)cc1F. The van der Waals surface area contributed by atoms with Gasteiger partial charge in [0, 0.05) is 27.0 Å². The molecule has 2 saturated heterocycles. The molecule has 0 spiro atoms. The van der Waals surface area contributed by atoms with E-state index in [0.717, 1.165) is 10.0 Å². The Balaban J connectivity index is 2.03. The maximum atomic E-state index is 15.5. The highest BCUT2D eigenvalue weighted by molar-refractivity contribution is 9.10. The van der Waals surface area contributed by atoms with Gasteiger partial charge in [-0.25, -0.2) is 9.29 Å². The molecule has 2 aromatic rings. The Kier molecular flexibility index (Phi) is 5.77. The minimum atomic E-state index is -1.19. The molecule has 7 heteroatoms. The molecule has 2 heterocycles. The maximum Gasteiger partial charge on any atom is 0.325 e. The number of nitrogens with two attached hydrogens (primary N) is 1. The maximum absolute atomic E-state index is 15.5. The van der Waals surface area contributed by atoms with Crippen molar-refractivity contribution in [2.24, 2.45) is 11.1 Å². The number of ether oxygens (including phenoxy) is 1. The zero-order chi connectivity index (χ0) is 23.6. The van der Waals surface area contributed by atoms with Crippen LogP contribution in [0.2, 0.25) is 5.02 Å². The average molecular weight is 524 g/mol. The van der Waals surface area contributed by atoms with Crippen LogP contribution < -0.4 is 5.73 Å². The van der Waals surface area contributed by atoms with Crippen LogP contribution in [0.3, 0.4) is 0 Å². The van der Waals surface area contributed by atoms with Crippen molar-refractivity contribution in [2.75, 3.05) is 0 Å². The van der Waals surface area contributed by atoms with Crippen molar-refractivity contribution < 1.29 is 13.9 Å². The first-order chi connectivity index (χ1) is 14.8. The zero-order valence-electron chi connectivity index (χ0n) is 19.0. The lowest BCUT2D eigenvalue weighted by molar-refractivity contribution is -0.152. The Hall–Kier alpha value is -1.47. The van der Waals surface area contributed by atoms with Crippen molar-refractivity contribution in [3.63, 3.8) is 0 Å². The number of rotatable bonds is 3. The fourth-order valence-electron chi connectivity index (χ4n) is 5.57. The largest absolute Gasteiger partial charge is 0.443 e. The summed E-state index contributed by atoms with van der Waals surface area (Å²) in [4.78, 5) is 15.3. The summed E-state index contributed by atoms with van der Waals surface area (Å²) in [6, 6.07) is 11.4. The van der Waals surface area contributed by atoms with E-state index in [9.17, 15) is 4.79 Å². The van der Waals surface area contributed by atoms with Crippen molar-refractivity contribution in [3.05, 3.63) is 68.9 Å². The molecule has 0 bridgehead atoms. The van der Waals surface area contributed by atoms with Gasteiger partial charge in [0.05, 0.1) is 5.54 Å². The minimum absolute atomic E-state index is 0.128. The van der Waals surface area contributed by atoms with Gasteiger partial charge < -0.3 is 10.5 Å². The molecule has 0 radical (unpaired) electrons. The van der Waals surface area contributed by atoms with Crippen molar-refractivity contribution in [2.45, 2.75) is 70.3 Å². The number of nitrogens with zero attached hydrogens (tertiary/aromatic N) is 1. The van der Waals surface area contributed by atoms with Gasteiger partial charge in [-0.3, -0.25) is 4.79 Å². The van der Waals surface area contributed by atoms with Gasteiger partial charge in [-0.05, 0) is 55.5 Å². The lowest BCUT2D eigenvalue weighted by Gasteiger charge is -2.44. The monoisotopic (exact) mass is 522 g/mol. The van der Waals surface area contributed by atoms with Gasteiger partial charge in [0.2, 0.25) is 0 Å². The van der Waals surface area contributed by atoms with Crippen molar-refractivity contribution >= 4 is 33.5 Å². The van der Waals surface area contributed by atoms with E-state index in [1.165, 1.54) is 6.07 Å². The standard InChI is InChI=1S/C25H29BrClFN2O2/c1-23(2,3)13-19-25(29,17-10-9-16(27)12-18(17)28)20(14-7-6-8-15(26)11-14)21-22(31)32-24(4,5)30(19)21/h6-12,19-21H,13,29H2,1-5H3/t19-,20-,21-,25+/m0/s1. The molecule has 2 aliphatic heterocycles. The predicted molar refractivity (Wildman–Crippen MR) is 128 cm³/mol. The Bertz CT molecular complexity index is 1070. The van der Waals surface area contributed by atoms with Gasteiger partial charge in [0.25, 0.3) is 0 Å². The molecule has 4 atom stereocenters. The van der Waals surface area contributed by atoms with E-state index in [0.29, 0.717) is 17.0 Å². The summed E-state index contributed by atoms with van der Waals surface area (Å²) in [5, 5.41) is 0.305. The van der Waals surface area contributed by atoms with Crippen LogP contribution in [0, 0.1) is 11.2 Å². The summed E-state index contributed by atoms with van der Waals surface area (Å²) in [5.74, 6) is -1.32. The highest BCUT2D eigenvalue weighted by atomic mass is 79.9. The fraction of sp³-hybridized carbons (Fsp3) is 0.480. The number of hydrogen-bond donors (Lipinski definition) is 1. The van der Waals surface area contributed by atoms with E-state index in [1.54, 1.807) is 12.1 Å². The predicted octanol–water partition coefficient (Wildman–Crippen LogP) is 5.96. The van der Waals surface area contributed by atoms with Crippen LogP contribution in [0.1, 0.15) is 58.1 Å². The van der Waals surface area contributed by atoms with Crippen molar-refractivity contribution in [1.82, 2.24) is 4.90 Å². The molecule has 0 aliphatic carbocycles. The van der Waals surface area contributed by atoms with E-state index in [4.69, 9.17) is 22.1 Å². The summed E-state index contributed by atoms with van der Waals surface area (Å²) in [6.07, 6.45) is 0.645. The van der Waals surface area contributed by atoms with Gasteiger partial charge in [0.1, 0.15) is 11.9 Å². The Morgan fingerprint density at radius 1 is 1.22 bits per heavy atom. The van der Waals surface area contributed by atoms with Gasteiger partial charge in [-0.15, -0.1) is 0 Å². The third-order valence-corrected chi connectivity index (χ3v) is 7.37. The number of benzene rings is 2. The van der Waals surface area contributed by atoms with Crippen LogP contribution in [-0.4, -0.2) is 28.7 Å². The molecule has 2 fully saturated rings. The second-order valence-corrected chi connectivity index (χ2v) is 11.9. The van der Waals surface area contributed by atoms with E-state index in [2.05, 4.69) is 41.6 Å². The number of hydrogen-bond acceptors (Lipinski definition) is 4. The molecule has 2 aliphatic rings. The molecule has 2 aromatic carbocycles. The Morgan fingerprint density at radius 3 is 2.50 bits per heavy atom. The summed E-state index contributed by atoms with van der Waals surface area (Å²) < 4.78 is 22.2. The Morgan fingerprint density at radius 2 is 1.91 bits per heavy atom. The summed E-state index contributed by atoms with van der Waals surface area (Å²) in [7, 11) is 0. The van der Waals surface area contributed by atoms with Crippen LogP contribution in [0.5, 0.6) is 0 Å². The number of halogens is 3. The van der Waals surface area contributed by atoms with Gasteiger partial charge in [-0.1, -0.05) is 66.5 Å². The van der Waals surface area contributed by atoms with E-state index < -0.39 is 29.0 Å². The molecule has 4 rings (SSSR count). The van der Waals surface area contributed by atoms with E-state index in [1.807, 2.05) is 38.1 Å². The third kappa shape index (κ3) is 3.79. The normalized spacial score (nSPS) is 29.8. The van der Waals surface area contributed by atoms with Crippen molar-refractivity contribution in [3.8, 4) is 0 Å². The molecule has 2 N–H and O–H groups in total. The quantitative estimate of drug-likeness (QED) is 0.504. The Labute approximate surface area is 202 Å². The number of fused-ring (bicyclic) bond motifs is 1. The van der Waals surface area contributed by atoms with Crippen LogP contribution >= 0.6 is 27.5 Å². The van der Waals surface area contributed by atoms with Gasteiger partial charge in [-0.2, -0.15) is 0 Å². The first kappa shape index (κ1) is 23.7. The van der Waals surface area contributed by atoms with Crippen LogP contribution in [-0.2, 0) is 15.1 Å². The molecule has 0 saturated carbocycles. The molecule has 0 aromatic heterocycles. The molecule has 172 valence electrons. The van der Waals surface area contributed by atoms with Crippen LogP contribution in [0.15, 0.2) is 46.9 Å². The number of cyclic esters (lactones) is 1.